The van der Waals surface area contributed by atoms with Gasteiger partial charge >= 0.3 is 0 Å². The summed E-state index contributed by atoms with van der Waals surface area (Å²) in [6.45, 7) is 22.4. The van der Waals surface area contributed by atoms with Crippen LogP contribution >= 0.6 is 0 Å². The summed E-state index contributed by atoms with van der Waals surface area (Å²) in [5.74, 6) is 1.59. The summed E-state index contributed by atoms with van der Waals surface area (Å²) in [6, 6.07) is 11.6. The van der Waals surface area contributed by atoms with Crippen molar-refractivity contribution in [3.63, 3.8) is 0 Å². The standard InChI is InChI=1S/C46H72N4O6/c1-27-36-20-33(46(36,9)10)21-37(27)48-40(53)22-38-41(28(2)52)39(26-51)56-50(38)24-29-15-14-16-35(42(29)55-13)30-17-31(19-32(18-30)45(6,7)8)43(54)47-34(25-49(11)12)23-44(3,4)5/h14-19,27-28,33-34,36-39,41,51-52H,20-26H2,1-13H3,(H,47,54)(H,48,53)/t27-,28-,33+,34-,36-,37-,38+,39-,41+/m0/s1. The fourth-order valence-electron chi connectivity index (χ4n) is 10.0. The quantitative estimate of drug-likeness (QED) is 0.165. The van der Waals surface area contributed by atoms with Crippen LogP contribution in [0.1, 0.15) is 116 Å². The number of rotatable bonds is 14. The minimum Gasteiger partial charge on any atom is -0.496 e. The summed E-state index contributed by atoms with van der Waals surface area (Å²) in [5.41, 5.74) is 4.26. The van der Waals surface area contributed by atoms with Crippen LogP contribution in [0.25, 0.3) is 11.1 Å². The Balaban J connectivity index is 1.44. The molecule has 0 aromatic heterocycles. The highest BCUT2D eigenvalue weighted by molar-refractivity contribution is 5.96. The Bertz CT molecular complexity index is 1690. The Labute approximate surface area is 337 Å². The summed E-state index contributed by atoms with van der Waals surface area (Å²) in [7, 11) is 5.70. The zero-order chi connectivity index (χ0) is 41.5. The van der Waals surface area contributed by atoms with Crippen molar-refractivity contribution in [1.29, 1.82) is 0 Å². The number of aliphatic hydroxyl groups is 2. The first kappa shape index (κ1) is 44.1. The van der Waals surface area contributed by atoms with E-state index in [1.54, 1.807) is 19.1 Å². The first-order valence-electron chi connectivity index (χ1n) is 20.8. The molecule has 1 aliphatic heterocycles. The van der Waals surface area contributed by atoms with Crippen molar-refractivity contribution < 1.29 is 29.4 Å². The van der Waals surface area contributed by atoms with E-state index in [2.05, 4.69) is 83.9 Å². The summed E-state index contributed by atoms with van der Waals surface area (Å²) in [6.07, 6.45) is 1.71. The molecule has 6 rings (SSSR count). The number of carbonyl (C=O) groups is 2. The molecule has 2 aromatic carbocycles. The van der Waals surface area contributed by atoms with Crippen LogP contribution in [-0.4, -0.2) is 96.7 Å². The number of likely N-dealkylation sites (N-methyl/N-ethyl adjacent to an activating group) is 1. The van der Waals surface area contributed by atoms with E-state index in [0.29, 0.717) is 34.5 Å². The topological polar surface area (TPSA) is 124 Å². The average Bonchev–Trinajstić information content (AvgIpc) is 3.43. The third kappa shape index (κ3) is 9.80. The second-order valence-electron chi connectivity index (χ2n) is 20.4. The lowest BCUT2D eigenvalue weighted by Gasteiger charge is -2.62. The van der Waals surface area contributed by atoms with Crippen LogP contribution in [0, 0.1) is 34.5 Å². The van der Waals surface area contributed by atoms with Gasteiger partial charge in [0, 0.05) is 47.7 Å². The van der Waals surface area contributed by atoms with E-state index < -0.39 is 24.2 Å². The molecule has 0 unspecified atom stereocenters. The van der Waals surface area contributed by atoms with Gasteiger partial charge in [0.25, 0.3) is 5.91 Å². The fourth-order valence-corrected chi connectivity index (χ4v) is 10.0. The maximum atomic E-state index is 14.0. The number of hydrogen-bond acceptors (Lipinski definition) is 8. The van der Waals surface area contributed by atoms with E-state index >= 15 is 0 Å². The molecule has 56 heavy (non-hydrogen) atoms. The van der Waals surface area contributed by atoms with Gasteiger partial charge < -0.3 is 30.5 Å². The Morgan fingerprint density at radius 2 is 1.79 bits per heavy atom. The van der Waals surface area contributed by atoms with E-state index in [1.165, 1.54) is 6.42 Å². The van der Waals surface area contributed by atoms with E-state index in [-0.39, 0.29) is 54.3 Å². The largest absolute Gasteiger partial charge is 0.496 e. The second-order valence-corrected chi connectivity index (χ2v) is 20.4. The van der Waals surface area contributed by atoms with Gasteiger partial charge in [0.2, 0.25) is 5.91 Å². The molecular formula is C46H72N4O6. The van der Waals surface area contributed by atoms with E-state index in [4.69, 9.17) is 9.57 Å². The molecule has 0 spiro atoms. The normalized spacial score (nSPS) is 27.4. The molecule has 9 atom stereocenters. The van der Waals surface area contributed by atoms with Crippen LogP contribution in [0.2, 0.25) is 0 Å². The number of aliphatic hydroxyl groups excluding tert-OH is 2. The van der Waals surface area contributed by atoms with Crippen LogP contribution in [0.3, 0.4) is 0 Å². The Kier molecular flexibility index (Phi) is 13.4. The van der Waals surface area contributed by atoms with Crippen LogP contribution in [0.4, 0.5) is 0 Å². The average molecular weight is 777 g/mol. The summed E-state index contributed by atoms with van der Waals surface area (Å²) < 4.78 is 6.15. The van der Waals surface area contributed by atoms with Gasteiger partial charge in [0.15, 0.2) is 0 Å². The maximum absolute atomic E-state index is 14.0. The zero-order valence-electron chi connectivity index (χ0n) is 36.5. The smallest absolute Gasteiger partial charge is 0.251 e. The minimum atomic E-state index is -0.810. The molecule has 2 bridgehead atoms. The number of fused-ring (bicyclic) bond motifs is 2. The highest BCUT2D eigenvalue weighted by atomic mass is 16.7. The highest BCUT2D eigenvalue weighted by Crippen LogP contribution is 2.61. The van der Waals surface area contributed by atoms with Gasteiger partial charge in [-0.3, -0.25) is 14.4 Å². The highest BCUT2D eigenvalue weighted by Gasteiger charge is 2.56. The molecule has 10 heteroatoms. The van der Waals surface area contributed by atoms with Crippen molar-refractivity contribution in [3.05, 3.63) is 53.1 Å². The van der Waals surface area contributed by atoms with Crippen molar-refractivity contribution >= 4 is 11.8 Å². The van der Waals surface area contributed by atoms with Crippen molar-refractivity contribution in [3.8, 4) is 16.9 Å². The molecule has 4 fully saturated rings. The van der Waals surface area contributed by atoms with Gasteiger partial charge in [-0.2, -0.15) is 5.06 Å². The fraction of sp³-hybridized carbons (Fsp3) is 0.696. The SMILES string of the molecule is COc1c(CN2O[C@@H](CO)[C@H]([C@H](C)O)[C@H]2CC(=O)N[C@H]2C[C@H]3C[C@@H]([C@@H]2C)C3(C)C)cccc1-c1cc(C(=O)N[C@H](CN(C)C)CC(C)(C)C)cc(C(C)(C)C)c1. The predicted molar refractivity (Wildman–Crippen MR) is 223 cm³/mol. The Morgan fingerprint density at radius 1 is 1.09 bits per heavy atom. The van der Waals surface area contributed by atoms with Gasteiger partial charge in [-0.25, -0.2) is 0 Å². The van der Waals surface area contributed by atoms with E-state index in [0.717, 1.165) is 41.6 Å². The molecule has 2 aromatic rings. The molecule has 2 amide bonds. The molecule has 4 aliphatic rings. The van der Waals surface area contributed by atoms with Crippen molar-refractivity contribution in [2.24, 2.45) is 34.5 Å². The number of amides is 2. The van der Waals surface area contributed by atoms with Crippen LogP contribution in [0.15, 0.2) is 36.4 Å². The lowest BCUT2D eigenvalue weighted by atomic mass is 9.45. The predicted octanol–water partition coefficient (Wildman–Crippen LogP) is 6.81. The van der Waals surface area contributed by atoms with E-state index in [9.17, 15) is 19.8 Å². The molecule has 1 saturated heterocycles. The van der Waals surface area contributed by atoms with Crippen molar-refractivity contribution in [2.75, 3.05) is 34.4 Å². The first-order chi connectivity index (χ1) is 26.0. The third-order valence-electron chi connectivity index (χ3n) is 13.1. The van der Waals surface area contributed by atoms with Gasteiger partial charge in [-0.05, 0) is 97.5 Å². The number of ether oxygens (including phenoxy) is 1. The van der Waals surface area contributed by atoms with Crippen LogP contribution < -0.4 is 15.4 Å². The molecular weight excluding hydrogens is 705 g/mol. The Morgan fingerprint density at radius 3 is 2.34 bits per heavy atom. The number of hydrogen-bond donors (Lipinski definition) is 4. The summed E-state index contributed by atoms with van der Waals surface area (Å²) >= 11 is 0. The van der Waals surface area contributed by atoms with Crippen LogP contribution in [0.5, 0.6) is 5.75 Å². The number of nitrogens with zero attached hydrogens (tertiary/aromatic N) is 2. The summed E-state index contributed by atoms with van der Waals surface area (Å²) in [4.78, 5) is 36.3. The maximum Gasteiger partial charge on any atom is 0.251 e. The van der Waals surface area contributed by atoms with Crippen LogP contribution in [-0.2, 0) is 21.6 Å². The number of para-hydroxylation sites is 1. The van der Waals surface area contributed by atoms with Gasteiger partial charge in [-0.1, -0.05) is 86.6 Å². The van der Waals surface area contributed by atoms with Crippen molar-refractivity contribution in [1.82, 2.24) is 20.6 Å². The number of nitrogens with one attached hydrogen (secondary N) is 2. The monoisotopic (exact) mass is 777 g/mol. The lowest BCUT2D eigenvalue weighted by Crippen LogP contribution is -2.61. The Hall–Kier alpha value is -3.02. The second kappa shape index (κ2) is 17.1. The van der Waals surface area contributed by atoms with Gasteiger partial charge in [0.1, 0.15) is 11.9 Å². The first-order valence-corrected chi connectivity index (χ1v) is 20.8. The molecule has 4 N–H and O–H groups in total. The number of benzene rings is 2. The number of hydroxylamine groups is 2. The number of carbonyl (C=O) groups excluding carboxylic acids is 2. The van der Waals surface area contributed by atoms with Crippen molar-refractivity contribution in [2.45, 2.75) is 137 Å². The third-order valence-corrected chi connectivity index (χ3v) is 13.1. The van der Waals surface area contributed by atoms with Gasteiger partial charge in [-0.15, -0.1) is 0 Å². The molecule has 3 saturated carbocycles. The number of methoxy groups -OCH3 is 1. The molecule has 10 nitrogen and oxygen atoms in total. The molecule has 1 heterocycles. The molecule has 312 valence electrons. The molecule has 0 radical (unpaired) electrons. The van der Waals surface area contributed by atoms with Gasteiger partial charge in [0.05, 0.1) is 32.4 Å². The zero-order valence-corrected chi connectivity index (χ0v) is 36.5. The van der Waals surface area contributed by atoms with E-state index in [1.807, 2.05) is 44.4 Å². The molecule has 3 aliphatic carbocycles. The summed E-state index contributed by atoms with van der Waals surface area (Å²) in [5, 5.41) is 29.8. The lowest BCUT2D eigenvalue weighted by molar-refractivity contribution is -0.180. The minimum absolute atomic E-state index is 0.0235.